The minimum Gasteiger partial charge on any atom is -0.505 e. The normalized spacial score (nSPS) is 11.7. The number of carboxylic acid groups (broad SMARTS) is 7. The number of unbranched alkanes of at least 4 members (excludes halogenated alkanes) is 2. The number of nitrogens with zero attached hydrogens (tertiary/aromatic N) is 3. The zero-order valence-corrected chi connectivity index (χ0v) is 57.9. The Morgan fingerprint density at radius 3 is 1.57 bits per heavy atom. The van der Waals surface area contributed by atoms with E-state index in [9.17, 15) is 117 Å². The number of rotatable bonds is 47. The fourth-order valence-electron chi connectivity index (χ4n) is 11.1. The summed E-state index contributed by atoms with van der Waals surface area (Å²) in [4.78, 5) is 178. The van der Waals surface area contributed by atoms with E-state index in [1.54, 1.807) is 0 Å². The quantitative estimate of drug-likeness (QED) is 0.0147. The molecule has 37 heteroatoms. The van der Waals surface area contributed by atoms with Gasteiger partial charge in [-0.2, -0.15) is 0 Å². The third-order valence-electron chi connectivity index (χ3n) is 16.0. The monoisotopic (exact) mass is 1520 g/mol. The first kappa shape index (κ1) is 84.4. The molecule has 4 aromatic rings. The predicted molar refractivity (Wildman–Crippen MR) is 371 cm³/mol. The van der Waals surface area contributed by atoms with E-state index in [4.69, 9.17) is 30.2 Å². The van der Waals surface area contributed by atoms with E-state index < -0.39 is 144 Å². The van der Waals surface area contributed by atoms with Gasteiger partial charge in [0.05, 0.1) is 71.4 Å². The highest BCUT2D eigenvalue weighted by atomic mass is 35.5. The Morgan fingerprint density at radius 2 is 1.04 bits per heavy atom. The number of phenols is 1. The molecular formula is C70H77ClF2N8O26. The molecule has 0 saturated heterocycles. The van der Waals surface area contributed by atoms with Crippen molar-refractivity contribution < 1.29 is 131 Å². The number of aromatic carboxylic acids is 1. The third kappa shape index (κ3) is 26.5. The van der Waals surface area contributed by atoms with Gasteiger partial charge >= 0.3 is 41.8 Å². The van der Waals surface area contributed by atoms with E-state index in [-0.39, 0.29) is 197 Å². The fraction of sp³-hybridized carbons (Fsp3) is 0.371. The van der Waals surface area contributed by atoms with E-state index in [2.05, 4.69) is 26.6 Å². The van der Waals surface area contributed by atoms with Gasteiger partial charge in [-0.25, -0.2) is 13.6 Å². The van der Waals surface area contributed by atoms with Gasteiger partial charge in [-0.15, -0.1) is 11.6 Å². The second kappa shape index (κ2) is 41.8. The molecular weight excluding hydrogens is 1440 g/mol. The lowest BCUT2D eigenvalue weighted by Gasteiger charge is -2.25. The molecule has 107 heavy (non-hydrogen) atoms. The first-order valence-electron chi connectivity index (χ1n) is 33.0. The van der Waals surface area contributed by atoms with Crippen molar-refractivity contribution in [2.75, 3.05) is 110 Å². The number of carbonyl (C=O) groups excluding carboxylic acids is 6. The van der Waals surface area contributed by atoms with E-state index in [0.29, 0.717) is 0 Å². The molecule has 13 N–H and O–H groups in total. The molecule has 1 aliphatic heterocycles. The number of hydrogen-bond donors (Lipinski definition) is 13. The van der Waals surface area contributed by atoms with Crippen molar-refractivity contribution in [1.29, 1.82) is 0 Å². The van der Waals surface area contributed by atoms with E-state index >= 15 is 0 Å². The zero-order chi connectivity index (χ0) is 78.4. The number of phenolic OH excluding ortho intramolecular Hbond substituents is 1. The molecule has 1 heterocycles. The number of benzene rings is 5. The number of carboxylic acids is 7. The van der Waals surface area contributed by atoms with Crippen molar-refractivity contribution in [3.63, 3.8) is 0 Å². The highest BCUT2D eigenvalue weighted by molar-refractivity contribution is 6.29. The van der Waals surface area contributed by atoms with E-state index in [1.807, 2.05) is 0 Å². The Labute approximate surface area is 611 Å². The summed E-state index contributed by atoms with van der Waals surface area (Å²) in [6.07, 6.45) is -0.413. The summed E-state index contributed by atoms with van der Waals surface area (Å²) >= 11 is 5.62. The molecule has 0 aromatic heterocycles. The van der Waals surface area contributed by atoms with Gasteiger partial charge in [0.1, 0.15) is 29.3 Å². The summed E-state index contributed by atoms with van der Waals surface area (Å²) in [7, 11) is 0. The number of aromatic hydroxyl groups is 1. The maximum absolute atomic E-state index is 14.7. The minimum absolute atomic E-state index is 0.00575. The van der Waals surface area contributed by atoms with Crippen LogP contribution in [0.15, 0.2) is 94.1 Å². The molecule has 0 saturated carbocycles. The predicted octanol–water partition coefficient (Wildman–Crippen LogP) is 3.70. The van der Waals surface area contributed by atoms with Crippen molar-refractivity contribution in [2.24, 2.45) is 0 Å². The van der Waals surface area contributed by atoms with Crippen LogP contribution in [0.25, 0.3) is 33.4 Å². The molecule has 0 fully saturated rings. The number of anilines is 1. The molecule has 574 valence electrons. The molecule has 2 atom stereocenters. The number of carbonyl (C=O) groups is 13. The maximum Gasteiger partial charge on any atom is 0.336 e. The molecule has 2 unspecified atom stereocenters. The number of halogens is 3. The number of amides is 6. The Hall–Kier alpha value is -11.6. The topological polar surface area (TPSA) is 512 Å². The maximum atomic E-state index is 14.7. The van der Waals surface area contributed by atoms with Gasteiger partial charge in [-0.05, 0) is 110 Å². The van der Waals surface area contributed by atoms with Crippen molar-refractivity contribution >= 4 is 105 Å². The summed E-state index contributed by atoms with van der Waals surface area (Å²) < 4.78 is 52.1. The van der Waals surface area contributed by atoms with Gasteiger partial charge in [-0.3, -0.25) is 72.1 Å². The lowest BCUT2D eigenvalue weighted by molar-refractivity contribution is -0.152. The van der Waals surface area contributed by atoms with Gasteiger partial charge in [-0.1, -0.05) is 12.1 Å². The number of nitrogens with one attached hydrogen (secondary N) is 5. The van der Waals surface area contributed by atoms with Crippen molar-refractivity contribution in [3.8, 4) is 28.2 Å². The van der Waals surface area contributed by atoms with Crippen LogP contribution in [-0.2, 0) is 59.1 Å². The number of ether oxygens (including phenoxy) is 3. The molecule has 34 nitrogen and oxygen atoms in total. The van der Waals surface area contributed by atoms with Crippen molar-refractivity contribution in [3.05, 3.63) is 140 Å². The van der Waals surface area contributed by atoms with Crippen molar-refractivity contribution in [1.82, 2.24) is 36.0 Å². The molecule has 0 radical (unpaired) electrons. The summed E-state index contributed by atoms with van der Waals surface area (Å²) in [5.74, 6) is -18.0. The lowest BCUT2D eigenvalue weighted by Crippen LogP contribution is -2.46. The SMILES string of the molecule is O=C(O)CN(CC(=O)O)C(CCCCNC(=O)c1cc(CN(CCOCCOCCOCCNC(=O)c2ccc(-c3c4cc(F)c(=O)cc-4oc4cc(O)c(F)cc34)c(C(=O)O)c2)C(=O)CCNC(=O)c2cccc(NC(=O)CCl)c2)cc(C(=O)NCCCCC(C(=O)O)N(CC(=O)O)CC(=O)O)c1)C(=O)O. The second-order valence-corrected chi connectivity index (χ2v) is 24.1. The molecule has 1 aliphatic carbocycles. The fourth-order valence-corrected chi connectivity index (χ4v) is 11.1. The van der Waals surface area contributed by atoms with E-state index in [0.717, 1.165) is 40.1 Å². The largest absolute Gasteiger partial charge is 0.505 e. The Balaban J connectivity index is 1.10. The van der Waals surface area contributed by atoms with Crippen LogP contribution in [-0.4, -0.2) is 249 Å². The van der Waals surface area contributed by atoms with Gasteiger partial charge in [0.2, 0.25) is 17.2 Å². The summed E-state index contributed by atoms with van der Waals surface area (Å²) in [5.41, 5.74) is -1.68. The van der Waals surface area contributed by atoms with Crippen LogP contribution < -0.4 is 32.0 Å². The summed E-state index contributed by atoms with van der Waals surface area (Å²) in [6.45, 7) is -4.61. The first-order chi connectivity index (χ1) is 50.9. The number of fused-ring (bicyclic) bond motifs is 2. The summed E-state index contributed by atoms with van der Waals surface area (Å²) in [5, 5.41) is 90.2. The minimum atomic E-state index is -1.52. The average molecular weight is 1520 g/mol. The third-order valence-corrected chi connectivity index (χ3v) is 16.2. The van der Waals surface area contributed by atoms with Crippen LogP contribution in [0, 0.1) is 11.6 Å². The molecule has 2 aliphatic rings. The Morgan fingerprint density at radius 1 is 0.523 bits per heavy atom. The molecule has 4 aromatic carbocycles. The highest BCUT2D eigenvalue weighted by Gasteiger charge is 2.32. The lowest BCUT2D eigenvalue weighted by atomic mass is 9.89. The Bertz CT molecular complexity index is 4170. The van der Waals surface area contributed by atoms with Gasteiger partial charge in [0, 0.05) is 102 Å². The van der Waals surface area contributed by atoms with Crippen LogP contribution >= 0.6 is 11.6 Å². The van der Waals surface area contributed by atoms with Crippen LogP contribution in [0.4, 0.5) is 14.5 Å². The second-order valence-electron chi connectivity index (χ2n) is 23.8. The highest BCUT2D eigenvalue weighted by Crippen LogP contribution is 2.43. The van der Waals surface area contributed by atoms with Gasteiger partial charge in [0.15, 0.2) is 17.4 Å². The van der Waals surface area contributed by atoms with Crippen LogP contribution in [0.2, 0.25) is 0 Å². The molecule has 0 spiro atoms. The molecule has 6 amide bonds. The van der Waals surface area contributed by atoms with E-state index in [1.165, 1.54) is 59.5 Å². The zero-order valence-electron chi connectivity index (χ0n) is 57.1. The number of alkyl halides is 1. The van der Waals surface area contributed by atoms with Crippen LogP contribution in [0.5, 0.6) is 5.75 Å². The van der Waals surface area contributed by atoms with Crippen LogP contribution in [0.3, 0.4) is 0 Å². The van der Waals surface area contributed by atoms with Crippen molar-refractivity contribution in [2.45, 2.75) is 63.6 Å². The van der Waals surface area contributed by atoms with Gasteiger partial charge in [0.25, 0.3) is 23.6 Å². The first-order valence-corrected chi connectivity index (χ1v) is 33.5. The standard InChI is InChI=1S/C70H77ClF2N8O26/c71-33-57(84)78-44-7-5-6-40(27-44)64(94)76-15-12-58(85)79(17-19-105-21-23-106-22-20-104-18-16-77-65(95)41-10-11-45(46(28-41)68(98)99)63-47-29-49(72)53(82)31-55(47)107-56-32-54(83)50(73)30-48(56)63)34-39-24-42(66(96)74-13-3-1-8-51(69(100)101)80(35-59(86)87)36-60(88)89)26-43(25-39)67(97)75-14-4-2-9-52(70(102)103)81(37-61(90)91)38-62(92)93/h5-7,10-11,24-32,51-52,82H,1-4,8-9,12-23,33-38H2,(H,74,96)(H,75,97)(H,76,94)(H,77,95)(H,78,84)(H,86,87)(H,88,89)(H,90,91)(H,92,93)(H,98,99)(H,100,101)(H,102,103). The average Bonchev–Trinajstić information content (AvgIpc) is 0.741. The number of hydrogen-bond acceptors (Lipinski definition) is 21. The smallest absolute Gasteiger partial charge is 0.336 e. The Kier molecular flexibility index (Phi) is 33.0. The summed E-state index contributed by atoms with van der Waals surface area (Å²) in [6, 6.07) is 13.8. The van der Waals surface area contributed by atoms with Gasteiger partial charge < -0.3 is 91.0 Å². The van der Waals surface area contributed by atoms with Crippen LogP contribution in [0.1, 0.15) is 102 Å². The molecule has 0 bridgehead atoms. The molecule has 6 rings (SSSR count). The number of aliphatic carboxylic acids is 6.